The lowest BCUT2D eigenvalue weighted by Gasteiger charge is -2.28. The average Bonchev–Trinajstić information content (AvgIpc) is 2.50. The predicted molar refractivity (Wildman–Crippen MR) is 85.5 cm³/mol. The molecule has 0 saturated heterocycles. The van der Waals surface area contributed by atoms with Crippen molar-refractivity contribution in [1.82, 2.24) is 4.98 Å². The van der Waals surface area contributed by atoms with Gasteiger partial charge in [0.05, 0.1) is 6.10 Å². The van der Waals surface area contributed by atoms with E-state index in [9.17, 15) is 5.11 Å². The Kier molecular flexibility index (Phi) is 4.07. The van der Waals surface area contributed by atoms with Gasteiger partial charge in [-0.3, -0.25) is 4.98 Å². The van der Waals surface area contributed by atoms with Gasteiger partial charge < -0.3 is 5.11 Å². The zero-order chi connectivity index (χ0) is 14.8. The van der Waals surface area contributed by atoms with Gasteiger partial charge in [-0.25, -0.2) is 0 Å². The van der Waals surface area contributed by atoms with E-state index >= 15 is 0 Å². The van der Waals surface area contributed by atoms with Crippen molar-refractivity contribution in [1.29, 1.82) is 0 Å². The van der Waals surface area contributed by atoms with E-state index in [1.54, 1.807) is 0 Å². The van der Waals surface area contributed by atoms with Crippen molar-refractivity contribution in [2.45, 2.75) is 51.6 Å². The standard InChI is InChI=1S/C19H23NO/c1-13-8-9-15(11-14(13)2)12-18(21)17-7-3-5-16-6-4-10-20-19(16)17/h4,6,8-11,17-18,21H,3,5,7,12H2,1-2H3. The molecule has 1 aromatic heterocycles. The van der Waals surface area contributed by atoms with Crippen molar-refractivity contribution in [3.63, 3.8) is 0 Å². The van der Waals surface area contributed by atoms with Crippen LogP contribution in [0.5, 0.6) is 0 Å². The maximum Gasteiger partial charge on any atom is 0.0664 e. The van der Waals surface area contributed by atoms with Crippen LogP contribution in [0.2, 0.25) is 0 Å². The van der Waals surface area contributed by atoms with Crippen molar-refractivity contribution in [3.8, 4) is 0 Å². The van der Waals surface area contributed by atoms with E-state index in [2.05, 4.69) is 43.1 Å². The molecule has 0 radical (unpaired) electrons. The molecule has 1 aromatic carbocycles. The first kappa shape index (κ1) is 14.3. The molecule has 1 aliphatic carbocycles. The summed E-state index contributed by atoms with van der Waals surface area (Å²) in [6.07, 6.45) is 5.49. The van der Waals surface area contributed by atoms with Crippen LogP contribution in [0.1, 0.15) is 46.7 Å². The summed E-state index contributed by atoms with van der Waals surface area (Å²) >= 11 is 0. The second-order valence-electron chi connectivity index (χ2n) is 6.24. The Balaban J connectivity index is 1.80. The van der Waals surface area contributed by atoms with E-state index in [1.807, 2.05) is 12.3 Å². The summed E-state index contributed by atoms with van der Waals surface area (Å²) < 4.78 is 0. The van der Waals surface area contributed by atoms with Crippen LogP contribution in [0.15, 0.2) is 36.5 Å². The molecule has 0 saturated carbocycles. The Morgan fingerprint density at radius 3 is 2.90 bits per heavy atom. The number of rotatable bonds is 3. The molecule has 3 rings (SSSR count). The molecule has 1 aliphatic rings. The molecule has 1 N–H and O–H groups in total. The number of aromatic nitrogens is 1. The van der Waals surface area contributed by atoms with Gasteiger partial charge in [0.25, 0.3) is 0 Å². The van der Waals surface area contributed by atoms with Crippen molar-refractivity contribution in [2.75, 3.05) is 0 Å². The minimum Gasteiger partial charge on any atom is -0.392 e. The number of aliphatic hydroxyl groups is 1. The highest BCUT2D eigenvalue weighted by molar-refractivity contribution is 5.32. The smallest absolute Gasteiger partial charge is 0.0664 e. The van der Waals surface area contributed by atoms with E-state index in [1.165, 1.54) is 22.3 Å². The van der Waals surface area contributed by atoms with Crippen LogP contribution in [0.3, 0.4) is 0 Å². The van der Waals surface area contributed by atoms with E-state index in [0.717, 1.165) is 25.0 Å². The van der Waals surface area contributed by atoms with Crippen molar-refractivity contribution >= 4 is 0 Å². The zero-order valence-corrected chi connectivity index (χ0v) is 12.8. The fourth-order valence-electron chi connectivity index (χ4n) is 3.33. The number of benzene rings is 1. The summed E-state index contributed by atoms with van der Waals surface area (Å²) in [5.74, 6) is 0.177. The third-order valence-electron chi connectivity index (χ3n) is 4.72. The largest absolute Gasteiger partial charge is 0.392 e. The van der Waals surface area contributed by atoms with E-state index < -0.39 is 0 Å². The Hall–Kier alpha value is -1.67. The number of nitrogens with zero attached hydrogens (tertiary/aromatic N) is 1. The summed E-state index contributed by atoms with van der Waals surface area (Å²) in [4.78, 5) is 4.54. The second-order valence-corrected chi connectivity index (χ2v) is 6.24. The van der Waals surface area contributed by atoms with Crippen molar-refractivity contribution < 1.29 is 5.11 Å². The average molecular weight is 281 g/mol. The highest BCUT2D eigenvalue weighted by Gasteiger charge is 2.27. The van der Waals surface area contributed by atoms with E-state index in [0.29, 0.717) is 6.42 Å². The molecule has 2 heteroatoms. The summed E-state index contributed by atoms with van der Waals surface area (Å²) in [6.45, 7) is 4.25. The lowest BCUT2D eigenvalue weighted by atomic mass is 9.81. The van der Waals surface area contributed by atoms with Gasteiger partial charge in [-0.1, -0.05) is 24.3 Å². The lowest BCUT2D eigenvalue weighted by molar-refractivity contribution is 0.132. The van der Waals surface area contributed by atoms with Crippen LogP contribution in [-0.4, -0.2) is 16.2 Å². The summed E-state index contributed by atoms with van der Waals surface area (Å²) in [7, 11) is 0. The fourth-order valence-corrected chi connectivity index (χ4v) is 3.33. The monoisotopic (exact) mass is 281 g/mol. The molecule has 1 heterocycles. The van der Waals surface area contributed by atoms with Crippen LogP contribution in [0, 0.1) is 13.8 Å². The van der Waals surface area contributed by atoms with Gasteiger partial charge in [-0.05, 0) is 67.9 Å². The molecule has 2 nitrogen and oxygen atoms in total. The molecule has 2 unspecified atom stereocenters. The van der Waals surface area contributed by atoms with Gasteiger partial charge >= 0.3 is 0 Å². The molecule has 0 aliphatic heterocycles. The fraction of sp³-hybridized carbons (Fsp3) is 0.421. The third kappa shape index (κ3) is 3.01. The maximum atomic E-state index is 10.7. The Morgan fingerprint density at radius 1 is 1.24 bits per heavy atom. The van der Waals surface area contributed by atoms with E-state index in [-0.39, 0.29) is 12.0 Å². The van der Waals surface area contributed by atoms with Crippen LogP contribution in [-0.2, 0) is 12.8 Å². The number of fused-ring (bicyclic) bond motifs is 1. The minimum atomic E-state index is -0.346. The third-order valence-corrected chi connectivity index (χ3v) is 4.72. The molecular formula is C19H23NO. The molecule has 21 heavy (non-hydrogen) atoms. The Morgan fingerprint density at radius 2 is 2.10 bits per heavy atom. The zero-order valence-electron chi connectivity index (χ0n) is 12.8. The first-order chi connectivity index (χ1) is 10.1. The first-order valence-electron chi connectivity index (χ1n) is 7.83. The van der Waals surface area contributed by atoms with Gasteiger partial charge in [0, 0.05) is 17.8 Å². The van der Waals surface area contributed by atoms with Gasteiger partial charge in [0.1, 0.15) is 0 Å². The van der Waals surface area contributed by atoms with Gasteiger partial charge in [0.15, 0.2) is 0 Å². The second kappa shape index (κ2) is 5.98. The summed E-state index contributed by atoms with van der Waals surface area (Å²) in [5.41, 5.74) is 6.24. The molecule has 110 valence electrons. The maximum absolute atomic E-state index is 10.7. The highest BCUT2D eigenvalue weighted by atomic mass is 16.3. The number of aliphatic hydroxyl groups excluding tert-OH is 1. The molecule has 0 bridgehead atoms. The minimum absolute atomic E-state index is 0.177. The molecule has 0 fully saturated rings. The molecule has 0 amide bonds. The normalized spacial score (nSPS) is 19.1. The molecular weight excluding hydrogens is 258 g/mol. The summed E-state index contributed by atoms with van der Waals surface area (Å²) in [5, 5.41) is 10.7. The van der Waals surface area contributed by atoms with Crippen LogP contribution in [0.25, 0.3) is 0 Å². The van der Waals surface area contributed by atoms with Crippen molar-refractivity contribution in [3.05, 3.63) is 64.5 Å². The predicted octanol–water partition coefficient (Wildman–Crippen LogP) is 3.72. The van der Waals surface area contributed by atoms with Crippen LogP contribution >= 0.6 is 0 Å². The molecule has 2 atom stereocenters. The lowest BCUT2D eigenvalue weighted by Crippen LogP contribution is -2.26. The number of pyridine rings is 1. The molecule has 2 aromatic rings. The quantitative estimate of drug-likeness (QED) is 0.930. The number of aryl methyl sites for hydroxylation is 3. The highest BCUT2D eigenvalue weighted by Crippen LogP contribution is 2.33. The van der Waals surface area contributed by atoms with Gasteiger partial charge in [0.2, 0.25) is 0 Å². The number of hydrogen-bond donors (Lipinski definition) is 1. The van der Waals surface area contributed by atoms with Gasteiger partial charge in [-0.2, -0.15) is 0 Å². The Bertz CT molecular complexity index is 635. The van der Waals surface area contributed by atoms with E-state index in [4.69, 9.17) is 0 Å². The molecule has 0 spiro atoms. The number of hydrogen-bond acceptors (Lipinski definition) is 2. The first-order valence-corrected chi connectivity index (χ1v) is 7.83. The topological polar surface area (TPSA) is 33.1 Å². The SMILES string of the molecule is Cc1ccc(CC(O)C2CCCc3cccnc32)cc1C. The van der Waals surface area contributed by atoms with Crippen LogP contribution in [0.4, 0.5) is 0 Å². The Labute approximate surface area is 126 Å². The van der Waals surface area contributed by atoms with Crippen LogP contribution < -0.4 is 0 Å². The summed E-state index contributed by atoms with van der Waals surface area (Å²) in [6, 6.07) is 10.6. The van der Waals surface area contributed by atoms with Crippen molar-refractivity contribution in [2.24, 2.45) is 0 Å². The van der Waals surface area contributed by atoms with Gasteiger partial charge in [-0.15, -0.1) is 0 Å².